The Hall–Kier alpha value is -2.05. The van der Waals surface area contributed by atoms with E-state index in [0.717, 1.165) is 5.69 Å². The van der Waals surface area contributed by atoms with Gasteiger partial charge in [0.1, 0.15) is 5.54 Å². The van der Waals surface area contributed by atoms with Crippen LogP contribution in [0.15, 0.2) is 0 Å². The largest absolute Gasteiger partial charge is 0.479 e. The van der Waals surface area contributed by atoms with Crippen molar-refractivity contribution >= 4 is 17.7 Å². The average molecular weight is 280 g/mol. The third-order valence-electron chi connectivity index (χ3n) is 4.08. The second kappa shape index (κ2) is 5.15. The van der Waals surface area contributed by atoms with E-state index >= 15 is 0 Å². The lowest BCUT2D eigenvalue weighted by molar-refractivity contribution is -0.148. The molecule has 1 fully saturated rings. The summed E-state index contributed by atoms with van der Waals surface area (Å²) in [7, 11) is 0. The quantitative estimate of drug-likeness (QED) is 0.787. The second-order valence-electron chi connectivity index (χ2n) is 5.18. The van der Waals surface area contributed by atoms with E-state index in [0.29, 0.717) is 37.2 Å². The van der Waals surface area contributed by atoms with Crippen molar-refractivity contribution in [2.24, 2.45) is 0 Å². The Bertz CT molecular complexity index is 520. The van der Waals surface area contributed by atoms with Crippen molar-refractivity contribution in [3.05, 3.63) is 11.4 Å². The summed E-state index contributed by atoms with van der Waals surface area (Å²) in [4.78, 5) is 25.4. The van der Waals surface area contributed by atoms with Gasteiger partial charge >= 0.3 is 12.0 Å². The molecule has 1 unspecified atom stereocenters. The fraction of sp³-hybridized carbons (Fsp3) is 0.615. The monoisotopic (exact) mass is 280 g/mol. The highest BCUT2D eigenvalue weighted by Gasteiger charge is 2.48. The number of carbonyl (C=O) groups is 2. The van der Waals surface area contributed by atoms with E-state index < -0.39 is 11.5 Å². The topological polar surface area (TPSA) is 98.3 Å². The van der Waals surface area contributed by atoms with E-state index in [1.807, 2.05) is 6.92 Å². The van der Waals surface area contributed by atoms with Gasteiger partial charge in [-0.05, 0) is 33.1 Å². The Kier molecular flexibility index (Phi) is 3.69. The molecule has 7 nitrogen and oxygen atoms in total. The number of urea groups is 1. The fourth-order valence-corrected chi connectivity index (χ4v) is 2.83. The molecule has 20 heavy (non-hydrogen) atoms. The number of rotatable bonds is 3. The number of anilines is 1. The first-order chi connectivity index (χ1) is 9.42. The van der Waals surface area contributed by atoms with Crippen molar-refractivity contribution in [1.82, 2.24) is 15.1 Å². The zero-order chi connectivity index (χ0) is 14.9. The van der Waals surface area contributed by atoms with Gasteiger partial charge < -0.3 is 15.3 Å². The van der Waals surface area contributed by atoms with Crippen molar-refractivity contribution < 1.29 is 14.7 Å². The molecule has 0 saturated carbocycles. The van der Waals surface area contributed by atoms with Crippen LogP contribution in [0.3, 0.4) is 0 Å². The third-order valence-corrected chi connectivity index (χ3v) is 4.08. The molecule has 1 atom stereocenters. The molecule has 1 aromatic rings. The Morgan fingerprint density at radius 3 is 2.70 bits per heavy atom. The summed E-state index contributed by atoms with van der Waals surface area (Å²) in [5.74, 6) is -0.937. The Morgan fingerprint density at radius 1 is 1.50 bits per heavy atom. The maximum Gasteiger partial charge on any atom is 0.329 e. The number of likely N-dealkylation sites (tertiary alicyclic amines) is 1. The molecule has 1 saturated heterocycles. The van der Waals surface area contributed by atoms with Gasteiger partial charge in [-0.2, -0.15) is 5.10 Å². The molecule has 1 aliphatic rings. The first-order valence-corrected chi connectivity index (χ1v) is 6.76. The number of carbonyl (C=O) groups excluding carboxylic acids is 1. The first kappa shape index (κ1) is 14.4. The zero-order valence-electron chi connectivity index (χ0n) is 12.0. The second-order valence-corrected chi connectivity index (χ2v) is 5.18. The van der Waals surface area contributed by atoms with Crippen molar-refractivity contribution in [2.75, 3.05) is 11.9 Å². The number of H-pyrrole nitrogens is 1. The molecule has 0 aliphatic carbocycles. The summed E-state index contributed by atoms with van der Waals surface area (Å²) >= 11 is 0. The summed E-state index contributed by atoms with van der Waals surface area (Å²) in [6, 6.07) is -0.376. The van der Waals surface area contributed by atoms with Crippen LogP contribution in [0, 0.1) is 13.8 Å². The standard InChI is InChI=1S/C13H20N4O3/c1-4-13(11(18)19)6-5-7-17(13)12(20)14-10-8(2)15-16-9(10)3/h4-7H2,1-3H3,(H,14,20)(H,15,16)(H,18,19). The van der Waals surface area contributed by atoms with Crippen LogP contribution in [-0.4, -0.2) is 44.3 Å². The molecular formula is C13H20N4O3. The van der Waals surface area contributed by atoms with Crippen molar-refractivity contribution in [2.45, 2.75) is 45.6 Å². The fourth-order valence-electron chi connectivity index (χ4n) is 2.83. The summed E-state index contributed by atoms with van der Waals surface area (Å²) in [6.45, 7) is 5.85. The van der Waals surface area contributed by atoms with E-state index in [4.69, 9.17) is 0 Å². The van der Waals surface area contributed by atoms with Crippen LogP contribution in [0.2, 0.25) is 0 Å². The number of aromatic nitrogens is 2. The van der Waals surface area contributed by atoms with Crippen LogP contribution < -0.4 is 5.32 Å². The van der Waals surface area contributed by atoms with Crippen LogP contribution in [-0.2, 0) is 4.79 Å². The van der Waals surface area contributed by atoms with Gasteiger partial charge in [0.15, 0.2) is 0 Å². The van der Waals surface area contributed by atoms with Gasteiger partial charge in [-0.3, -0.25) is 5.10 Å². The smallest absolute Gasteiger partial charge is 0.329 e. The lowest BCUT2D eigenvalue weighted by Gasteiger charge is -2.33. The van der Waals surface area contributed by atoms with Gasteiger partial charge in [0.25, 0.3) is 0 Å². The summed E-state index contributed by atoms with van der Waals surface area (Å²) in [5, 5.41) is 19.1. The van der Waals surface area contributed by atoms with Crippen LogP contribution >= 0.6 is 0 Å². The number of carboxylic acid groups (broad SMARTS) is 1. The first-order valence-electron chi connectivity index (χ1n) is 6.76. The minimum absolute atomic E-state index is 0.376. The van der Waals surface area contributed by atoms with E-state index in [2.05, 4.69) is 15.5 Å². The number of hydrogen-bond donors (Lipinski definition) is 3. The zero-order valence-corrected chi connectivity index (χ0v) is 12.0. The van der Waals surface area contributed by atoms with E-state index in [1.165, 1.54) is 4.90 Å². The summed E-state index contributed by atoms with van der Waals surface area (Å²) in [5.41, 5.74) is 0.979. The molecule has 0 radical (unpaired) electrons. The number of carboxylic acids is 1. The van der Waals surface area contributed by atoms with Gasteiger partial charge in [0, 0.05) is 6.54 Å². The number of aliphatic carboxylic acids is 1. The summed E-state index contributed by atoms with van der Waals surface area (Å²) in [6.07, 6.45) is 1.60. The number of aromatic amines is 1. The van der Waals surface area contributed by atoms with E-state index in [1.54, 1.807) is 13.8 Å². The van der Waals surface area contributed by atoms with Gasteiger partial charge in [0.2, 0.25) is 0 Å². The molecule has 1 aromatic heterocycles. The van der Waals surface area contributed by atoms with Crippen molar-refractivity contribution in [3.8, 4) is 0 Å². The predicted octanol–water partition coefficient (Wildman–Crippen LogP) is 1.89. The molecule has 1 aliphatic heterocycles. The highest BCUT2D eigenvalue weighted by molar-refractivity contribution is 5.95. The average Bonchev–Trinajstić information content (AvgIpc) is 2.97. The van der Waals surface area contributed by atoms with Gasteiger partial charge in [-0.15, -0.1) is 0 Å². The van der Waals surface area contributed by atoms with Gasteiger partial charge in [-0.1, -0.05) is 6.92 Å². The number of hydrogen-bond acceptors (Lipinski definition) is 3. The molecule has 2 rings (SSSR count). The lowest BCUT2D eigenvalue weighted by atomic mass is 9.93. The minimum atomic E-state index is -1.09. The normalized spacial score (nSPS) is 22.1. The Morgan fingerprint density at radius 2 is 2.20 bits per heavy atom. The highest BCUT2D eigenvalue weighted by Crippen LogP contribution is 2.33. The molecular weight excluding hydrogens is 260 g/mol. The predicted molar refractivity (Wildman–Crippen MR) is 73.7 cm³/mol. The number of aryl methyl sites for hydroxylation is 2. The van der Waals surface area contributed by atoms with Crippen LogP contribution in [0.25, 0.3) is 0 Å². The lowest BCUT2D eigenvalue weighted by Crippen LogP contribution is -2.54. The Labute approximate surface area is 117 Å². The third kappa shape index (κ3) is 2.13. The Balaban J connectivity index is 2.23. The van der Waals surface area contributed by atoms with Crippen LogP contribution in [0.4, 0.5) is 10.5 Å². The molecule has 2 heterocycles. The number of nitrogens with zero attached hydrogens (tertiary/aromatic N) is 2. The summed E-state index contributed by atoms with van der Waals surface area (Å²) < 4.78 is 0. The minimum Gasteiger partial charge on any atom is -0.479 e. The van der Waals surface area contributed by atoms with Crippen molar-refractivity contribution in [3.63, 3.8) is 0 Å². The molecule has 0 bridgehead atoms. The maximum atomic E-state index is 12.4. The maximum absolute atomic E-state index is 12.4. The van der Waals surface area contributed by atoms with Crippen LogP contribution in [0.5, 0.6) is 0 Å². The number of amides is 2. The molecule has 110 valence electrons. The van der Waals surface area contributed by atoms with E-state index in [9.17, 15) is 14.7 Å². The van der Waals surface area contributed by atoms with Gasteiger partial charge in [-0.25, -0.2) is 9.59 Å². The molecule has 0 aromatic carbocycles. The molecule has 0 spiro atoms. The number of nitrogens with one attached hydrogen (secondary N) is 2. The van der Waals surface area contributed by atoms with Crippen LogP contribution in [0.1, 0.15) is 37.6 Å². The SMILES string of the molecule is CCC1(C(=O)O)CCCN1C(=O)Nc1c(C)n[nH]c1C. The highest BCUT2D eigenvalue weighted by atomic mass is 16.4. The van der Waals surface area contributed by atoms with E-state index in [-0.39, 0.29) is 6.03 Å². The molecule has 3 N–H and O–H groups in total. The molecule has 2 amide bonds. The van der Waals surface area contributed by atoms with Crippen molar-refractivity contribution in [1.29, 1.82) is 0 Å². The van der Waals surface area contributed by atoms with Gasteiger partial charge in [0.05, 0.1) is 17.1 Å². The molecule has 7 heteroatoms.